The van der Waals surface area contributed by atoms with Gasteiger partial charge in [-0.15, -0.1) is 0 Å². The average Bonchev–Trinajstić information content (AvgIpc) is 2.46. The molecule has 0 aromatic heterocycles. The van der Waals surface area contributed by atoms with Crippen molar-refractivity contribution in [1.29, 1.82) is 0 Å². The Morgan fingerprint density at radius 3 is 2.00 bits per heavy atom. The molecule has 2 aromatic rings. The molecule has 0 aliphatic carbocycles. The molecular formula is C15H14AsNOS2. The average molecular weight is 363 g/mol. The fourth-order valence-corrected chi connectivity index (χ4v) is 11.2. The second-order valence-corrected chi connectivity index (χ2v) is 12.1. The van der Waals surface area contributed by atoms with Gasteiger partial charge in [0.15, 0.2) is 0 Å². The zero-order valence-corrected chi connectivity index (χ0v) is 14.7. The Hall–Kier alpha value is -0.962. The number of ether oxygens (including phenoxy) is 1. The Morgan fingerprint density at radius 2 is 1.50 bits per heavy atom. The van der Waals surface area contributed by atoms with Crippen LogP contribution < -0.4 is 13.4 Å². The fraction of sp³-hybridized carbons (Fsp3) is 0.133. The first-order valence-corrected chi connectivity index (χ1v) is 11.6. The molecule has 0 fully saturated rings. The Labute approximate surface area is 132 Å². The van der Waals surface area contributed by atoms with Crippen molar-refractivity contribution in [3.63, 3.8) is 0 Å². The van der Waals surface area contributed by atoms with Crippen LogP contribution in [-0.4, -0.2) is 36.8 Å². The summed E-state index contributed by atoms with van der Waals surface area (Å²) in [6.45, 7) is 0. The first kappa shape index (κ1) is 14.0. The van der Waals surface area contributed by atoms with Crippen molar-refractivity contribution < 1.29 is 4.74 Å². The predicted molar refractivity (Wildman–Crippen MR) is 91.9 cm³/mol. The van der Waals surface area contributed by atoms with Crippen LogP contribution in [0.2, 0.25) is 0 Å². The van der Waals surface area contributed by atoms with E-state index in [1.54, 1.807) is 0 Å². The third-order valence-electron chi connectivity index (χ3n) is 2.92. The van der Waals surface area contributed by atoms with Crippen LogP contribution in [0.5, 0.6) is 11.5 Å². The van der Waals surface area contributed by atoms with Crippen LogP contribution in [0, 0.1) is 0 Å². The number of para-hydroxylation sites is 2. The van der Waals surface area contributed by atoms with Gasteiger partial charge >= 0.3 is 133 Å². The van der Waals surface area contributed by atoms with Crippen LogP contribution in [0.15, 0.2) is 48.5 Å². The summed E-state index contributed by atoms with van der Waals surface area (Å²) in [6, 6.07) is 16.7. The molecule has 1 heterocycles. The monoisotopic (exact) mass is 363 g/mol. The Morgan fingerprint density at radius 1 is 1.00 bits per heavy atom. The molecule has 0 saturated heterocycles. The number of fused-ring (bicyclic) bond motifs is 2. The standard InChI is InChI=1S/C15H14AsNOS2/c1-17(2)15(19)20-16-11-7-3-5-9-13(11)18-14-10-6-4-8-12(14)16/h3-10H,1-2H3. The summed E-state index contributed by atoms with van der Waals surface area (Å²) in [5.41, 5.74) is 0. The zero-order chi connectivity index (χ0) is 14.1. The number of nitrogens with zero attached hydrogens (tertiary/aromatic N) is 1. The minimum atomic E-state index is -1.51. The van der Waals surface area contributed by atoms with Crippen LogP contribution in [0.25, 0.3) is 0 Å². The molecule has 102 valence electrons. The van der Waals surface area contributed by atoms with Gasteiger partial charge in [0.25, 0.3) is 0 Å². The van der Waals surface area contributed by atoms with Crippen molar-refractivity contribution in [1.82, 2.24) is 4.90 Å². The van der Waals surface area contributed by atoms with Crippen molar-refractivity contribution in [3.05, 3.63) is 48.5 Å². The van der Waals surface area contributed by atoms with Gasteiger partial charge in [-0.1, -0.05) is 0 Å². The summed E-state index contributed by atoms with van der Waals surface area (Å²) in [5.74, 6) is 1.97. The van der Waals surface area contributed by atoms with Crippen LogP contribution in [0.4, 0.5) is 0 Å². The van der Waals surface area contributed by atoms with E-state index in [2.05, 4.69) is 24.3 Å². The van der Waals surface area contributed by atoms with Crippen LogP contribution in [0.3, 0.4) is 0 Å². The molecule has 1 aliphatic rings. The van der Waals surface area contributed by atoms with Crippen LogP contribution >= 0.6 is 22.2 Å². The molecule has 5 heteroatoms. The Kier molecular flexibility index (Phi) is 4.06. The number of hydrogen-bond acceptors (Lipinski definition) is 3. The van der Waals surface area contributed by atoms with E-state index in [1.807, 2.05) is 53.3 Å². The van der Waals surface area contributed by atoms with Crippen molar-refractivity contribution in [3.8, 4) is 11.5 Å². The van der Waals surface area contributed by atoms with Gasteiger partial charge in [0.05, 0.1) is 0 Å². The molecule has 0 radical (unpaired) electrons. The van der Waals surface area contributed by atoms with E-state index in [-0.39, 0.29) is 0 Å². The molecule has 20 heavy (non-hydrogen) atoms. The van der Waals surface area contributed by atoms with E-state index >= 15 is 0 Å². The number of benzene rings is 2. The van der Waals surface area contributed by atoms with Crippen molar-refractivity contribution in [2.24, 2.45) is 0 Å². The normalized spacial score (nSPS) is 13.1. The van der Waals surface area contributed by atoms with E-state index in [0.717, 1.165) is 15.8 Å². The number of thiocarbonyl (C=S) groups is 1. The molecule has 0 N–H and O–H groups in total. The first-order valence-electron chi connectivity index (χ1n) is 6.22. The summed E-state index contributed by atoms with van der Waals surface area (Å²) >= 11 is 3.99. The van der Waals surface area contributed by atoms with Gasteiger partial charge in [0.2, 0.25) is 0 Å². The second kappa shape index (κ2) is 5.80. The fourth-order valence-electron chi connectivity index (χ4n) is 1.93. The number of hydrogen-bond donors (Lipinski definition) is 0. The number of rotatable bonds is 1. The second-order valence-electron chi connectivity index (χ2n) is 4.58. The van der Waals surface area contributed by atoms with Gasteiger partial charge in [-0.2, -0.15) is 0 Å². The van der Waals surface area contributed by atoms with Crippen molar-refractivity contribution >= 4 is 48.8 Å². The minimum absolute atomic E-state index is 0.941. The predicted octanol–water partition coefficient (Wildman–Crippen LogP) is 2.48. The van der Waals surface area contributed by atoms with Gasteiger partial charge in [-0.3, -0.25) is 0 Å². The maximum absolute atomic E-state index is 6.02. The molecule has 0 saturated carbocycles. The van der Waals surface area contributed by atoms with Gasteiger partial charge in [0, 0.05) is 0 Å². The zero-order valence-electron chi connectivity index (χ0n) is 11.2. The van der Waals surface area contributed by atoms with Gasteiger partial charge < -0.3 is 0 Å². The summed E-state index contributed by atoms with van der Waals surface area (Å²) < 4.78 is 9.61. The summed E-state index contributed by atoms with van der Waals surface area (Å²) in [6.07, 6.45) is 0. The van der Waals surface area contributed by atoms with Gasteiger partial charge in [0.1, 0.15) is 0 Å². The Balaban J connectivity index is 2.05. The molecule has 0 spiro atoms. The van der Waals surface area contributed by atoms with E-state index in [9.17, 15) is 0 Å². The molecule has 0 bridgehead atoms. The molecular weight excluding hydrogens is 349 g/mol. The summed E-state index contributed by atoms with van der Waals surface area (Å²) in [5, 5.41) is 0. The molecule has 0 amide bonds. The van der Waals surface area contributed by atoms with Crippen LogP contribution in [0.1, 0.15) is 0 Å². The topological polar surface area (TPSA) is 12.5 Å². The van der Waals surface area contributed by atoms with E-state index in [4.69, 9.17) is 17.0 Å². The molecule has 1 aliphatic heterocycles. The third-order valence-corrected chi connectivity index (χ3v) is 12.7. The molecule has 0 atom stereocenters. The Bertz CT molecular complexity index is 614. The maximum atomic E-state index is 6.02. The molecule has 3 rings (SSSR count). The molecule has 2 aromatic carbocycles. The van der Waals surface area contributed by atoms with Crippen molar-refractivity contribution in [2.45, 2.75) is 0 Å². The summed E-state index contributed by atoms with van der Waals surface area (Å²) in [4.78, 5) is 2.01. The quantitative estimate of drug-likeness (QED) is 0.570. The SMILES string of the molecule is CN(C)C(=S)S[As]1c2ccccc2Oc2ccccc21. The molecule has 0 unspecified atom stereocenters. The van der Waals surface area contributed by atoms with Crippen molar-refractivity contribution in [2.75, 3.05) is 14.1 Å². The van der Waals surface area contributed by atoms with E-state index in [1.165, 1.54) is 8.70 Å². The van der Waals surface area contributed by atoms with Gasteiger partial charge in [-0.25, -0.2) is 0 Å². The van der Waals surface area contributed by atoms with Crippen LogP contribution in [-0.2, 0) is 0 Å². The summed E-state index contributed by atoms with van der Waals surface area (Å²) in [7, 11) is 5.84. The first-order chi connectivity index (χ1) is 9.66. The van der Waals surface area contributed by atoms with E-state index in [0.29, 0.717) is 0 Å². The van der Waals surface area contributed by atoms with E-state index < -0.39 is 13.5 Å². The molecule has 2 nitrogen and oxygen atoms in total. The van der Waals surface area contributed by atoms with Gasteiger partial charge in [-0.05, 0) is 0 Å². The third kappa shape index (κ3) is 2.60.